The van der Waals surface area contributed by atoms with Crippen molar-refractivity contribution in [3.05, 3.63) is 24.3 Å². The van der Waals surface area contributed by atoms with Crippen LogP contribution in [-0.2, 0) is 18.9 Å². The Kier molecular flexibility index (Phi) is 5.15. The number of rotatable bonds is 5. The highest BCUT2D eigenvalue weighted by molar-refractivity contribution is 5.04. The smallest absolute Gasteiger partial charge is 0.177 e. The zero-order chi connectivity index (χ0) is 11.9. The Bertz CT molecular complexity index is 270. The summed E-state index contributed by atoms with van der Waals surface area (Å²) in [6.07, 6.45) is 7.65. The van der Waals surface area contributed by atoms with Gasteiger partial charge in [-0.2, -0.15) is 0 Å². The van der Waals surface area contributed by atoms with Gasteiger partial charge in [-0.3, -0.25) is 0 Å². The first-order valence-corrected chi connectivity index (χ1v) is 5.83. The highest BCUT2D eigenvalue weighted by Crippen LogP contribution is 2.12. The summed E-state index contributed by atoms with van der Waals surface area (Å²) in [6, 6.07) is 0. The van der Waals surface area contributed by atoms with Crippen molar-refractivity contribution in [3.8, 4) is 0 Å². The third-order valence-electron chi connectivity index (χ3n) is 2.51. The van der Waals surface area contributed by atoms with E-state index in [0.29, 0.717) is 19.8 Å². The van der Waals surface area contributed by atoms with Gasteiger partial charge in [-0.25, -0.2) is 0 Å². The molecule has 5 nitrogen and oxygen atoms in total. The van der Waals surface area contributed by atoms with E-state index < -0.39 is 0 Å². The van der Waals surface area contributed by atoms with Gasteiger partial charge in [0, 0.05) is 6.42 Å². The molecule has 2 aliphatic rings. The molecule has 0 aromatic carbocycles. The molecule has 0 aromatic rings. The van der Waals surface area contributed by atoms with Crippen molar-refractivity contribution >= 4 is 0 Å². The number of ether oxygens (including phenoxy) is 4. The zero-order valence-corrected chi connectivity index (χ0v) is 9.66. The van der Waals surface area contributed by atoms with Crippen molar-refractivity contribution < 1.29 is 24.1 Å². The average molecular weight is 242 g/mol. The Hall–Kier alpha value is -0.720. The maximum absolute atomic E-state index is 8.84. The van der Waals surface area contributed by atoms with E-state index in [0.717, 1.165) is 6.42 Å². The minimum absolute atomic E-state index is 0.00344. The van der Waals surface area contributed by atoms with E-state index in [-0.39, 0.29) is 25.3 Å². The van der Waals surface area contributed by atoms with Gasteiger partial charge in [-0.1, -0.05) is 18.2 Å². The first kappa shape index (κ1) is 12.7. The molecule has 0 spiro atoms. The lowest BCUT2D eigenvalue weighted by Crippen LogP contribution is -2.15. The summed E-state index contributed by atoms with van der Waals surface area (Å²) >= 11 is 0. The highest BCUT2D eigenvalue weighted by Gasteiger charge is 2.22. The van der Waals surface area contributed by atoms with E-state index in [2.05, 4.69) is 0 Å². The number of hydrogen-bond donors (Lipinski definition) is 1. The van der Waals surface area contributed by atoms with E-state index in [9.17, 15) is 0 Å². The molecule has 2 fully saturated rings. The summed E-state index contributed by atoms with van der Waals surface area (Å²) < 4.78 is 21.2. The van der Waals surface area contributed by atoms with Gasteiger partial charge in [0.2, 0.25) is 0 Å². The van der Waals surface area contributed by atoms with E-state index in [1.54, 1.807) is 0 Å². The summed E-state index contributed by atoms with van der Waals surface area (Å²) in [5, 5.41) is 8.84. The Morgan fingerprint density at radius 2 is 1.94 bits per heavy atom. The third-order valence-corrected chi connectivity index (χ3v) is 2.51. The van der Waals surface area contributed by atoms with Crippen molar-refractivity contribution in [2.75, 3.05) is 26.4 Å². The number of hydrogen-bond acceptors (Lipinski definition) is 5. The average Bonchev–Trinajstić information content (AvgIpc) is 2.99. The van der Waals surface area contributed by atoms with Crippen molar-refractivity contribution in [2.24, 2.45) is 0 Å². The predicted molar refractivity (Wildman–Crippen MR) is 60.3 cm³/mol. The van der Waals surface area contributed by atoms with Crippen LogP contribution in [0.15, 0.2) is 24.3 Å². The van der Waals surface area contributed by atoms with Crippen LogP contribution < -0.4 is 0 Å². The fraction of sp³-hybridized carbons (Fsp3) is 0.667. The highest BCUT2D eigenvalue weighted by atomic mass is 16.7. The topological polar surface area (TPSA) is 57.2 Å². The Morgan fingerprint density at radius 3 is 2.65 bits per heavy atom. The van der Waals surface area contributed by atoms with Crippen molar-refractivity contribution in [1.29, 1.82) is 0 Å². The predicted octanol–water partition coefficient (Wildman–Crippen LogP) is 0.596. The molecule has 2 atom stereocenters. The van der Waals surface area contributed by atoms with Crippen LogP contribution in [0.5, 0.6) is 0 Å². The van der Waals surface area contributed by atoms with Crippen LogP contribution in [0.4, 0.5) is 0 Å². The van der Waals surface area contributed by atoms with Crippen LogP contribution in [-0.4, -0.2) is 50.2 Å². The molecule has 2 saturated heterocycles. The summed E-state index contributed by atoms with van der Waals surface area (Å²) in [7, 11) is 0. The fourth-order valence-electron chi connectivity index (χ4n) is 1.63. The Labute approximate surface area is 101 Å². The van der Waals surface area contributed by atoms with Crippen LogP contribution in [0.2, 0.25) is 0 Å². The van der Waals surface area contributed by atoms with Crippen LogP contribution in [0.25, 0.3) is 0 Å². The van der Waals surface area contributed by atoms with Crippen molar-refractivity contribution in [2.45, 2.75) is 25.1 Å². The quantitative estimate of drug-likeness (QED) is 0.715. The van der Waals surface area contributed by atoms with Gasteiger partial charge in [0.1, 0.15) is 6.10 Å². The Balaban J connectivity index is 1.62. The van der Waals surface area contributed by atoms with Gasteiger partial charge in [0.25, 0.3) is 0 Å². The largest absolute Gasteiger partial charge is 0.394 e. The number of aliphatic hydroxyl groups is 1. The molecule has 0 bridgehead atoms. The molecule has 5 heteroatoms. The van der Waals surface area contributed by atoms with Gasteiger partial charge in [0.15, 0.2) is 12.6 Å². The molecule has 1 N–H and O–H groups in total. The van der Waals surface area contributed by atoms with Gasteiger partial charge in [-0.15, -0.1) is 0 Å². The molecule has 17 heavy (non-hydrogen) atoms. The molecule has 96 valence electrons. The minimum Gasteiger partial charge on any atom is -0.394 e. The van der Waals surface area contributed by atoms with Crippen LogP contribution >= 0.6 is 0 Å². The Morgan fingerprint density at radius 1 is 1.12 bits per heavy atom. The van der Waals surface area contributed by atoms with E-state index in [1.165, 1.54) is 0 Å². The second kappa shape index (κ2) is 6.88. The molecule has 0 saturated carbocycles. The minimum atomic E-state index is -0.351. The standard InChI is InChI=1S/C12H18O5/c13-8-10-9-16-12(17-10)5-3-1-2-4-11-14-6-7-15-11/h1-3,5,10-13H,4,6-9H2/b2-1+,5-3+. The second-order valence-corrected chi connectivity index (χ2v) is 3.86. The molecule has 0 aromatic heterocycles. The summed E-state index contributed by atoms with van der Waals surface area (Å²) in [5.41, 5.74) is 0. The van der Waals surface area contributed by atoms with Crippen LogP contribution in [0.1, 0.15) is 6.42 Å². The van der Waals surface area contributed by atoms with Crippen LogP contribution in [0.3, 0.4) is 0 Å². The van der Waals surface area contributed by atoms with Gasteiger partial charge >= 0.3 is 0 Å². The molecule has 0 amide bonds. The molecule has 0 radical (unpaired) electrons. The SMILES string of the molecule is OCC1COC(/C=C/C=C/CC2OCCO2)O1. The fourth-order valence-corrected chi connectivity index (χ4v) is 1.63. The molecule has 0 aliphatic carbocycles. The first-order chi connectivity index (χ1) is 8.38. The lowest BCUT2D eigenvalue weighted by atomic mass is 10.3. The number of allylic oxidation sites excluding steroid dienone is 2. The van der Waals surface area contributed by atoms with E-state index in [4.69, 9.17) is 24.1 Å². The van der Waals surface area contributed by atoms with Gasteiger partial charge in [0.05, 0.1) is 26.4 Å². The zero-order valence-electron chi connectivity index (χ0n) is 9.66. The molecule has 2 rings (SSSR count). The summed E-state index contributed by atoms with van der Waals surface area (Å²) in [6.45, 7) is 1.80. The molecule has 2 heterocycles. The second-order valence-electron chi connectivity index (χ2n) is 3.86. The van der Waals surface area contributed by atoms with Crippen LogP contribution in [0, 0.1) is 0 Å². The number of aliphatic hydroxyl groups excluding tert-OH is 1. The molecule has 2 aliphatic heterocycles. The van der Waals surface area contributed by atoms with Gasteiger partial charge < -0.3 is 24.1 Å². The van der Waals surface area contributed by atoms with Crippen molar-refractivity contribution in [1.82, 2.24) is 0 Å². The lowest BCUT2D eigenvalue weighted by molar-refractivity contribution is -0.0380. The summed E-state index contributed by atoms with van der Waals surface area (Å²) in [4.78, 5) is 0. The lowest BCUT2D eigenvalue weighted by Gasteiger charge is -2.04. The first-order valence-electron chi connectivity index (χ1n) is 5.83. The van der Waals surface area contributed by atoms with E-state index >= 15 is 0 Å². The molecule has 2 unspecified atom stereocenters. The maximum Gasteiger partial charge on any atom is 0.177 e. The molecular weight excluding hydrogens is 224 g/mol. The summed E-state index contributed by atoms with van der Waals surface area (Å²) in [5.74, 6) is 0. The van der Waals surface area contributed by atoms with Gasteiger partial charge in [-0.05, 0) is 6.08 Å². The normalized spacial score (nSPS) is 31.1. The third kappa shape index (κ3) is 4.22. The van der Waals surface area contributed by atoms with Crippen molar-refractivity contribution in [3.63, 3.8) is 0 Å². The van der Waals surface area contributed by atoms with E-state index in [1.807, 2.05) is 24.3 Å². The molecular formula is C12H18O5. The monoisotopic (exact) mass is 242 g/mol. The maximum atomic E-state index is 8.84.